The Morgan fingerprint density at radius 2 is 1.82 bits per heavy atom. The van der Waals surface area contributed by atoms with Crippen molar-refractivity contribution in [2.45, 2.75) is 20.4 Å². The molecule has 0 atom stereocenters. The second-order valence-electron chi connectivity index (χ2n) is 7.57. The number of nitriles is 1. The lowest BCUT2D eigenvalue weighted by Gasteiger charge is -2.15. The Balaban J connectivity index is 2.02. The fourth-order valence-corrected chi connectivity index (χ4v) is 4.06. The molecule has 4 rings (SSSR count). The van der Waals surface area contributed by atoms with E-state index < -0.39 is 17.6 Å². The molecule has 0 fully saturated rings. The average Bonchev–Trinajstić information content (AvgIpc) is 3.05. The Morgan fingerprint density at radius 3 is 2.48 bits per heavy atom. The van der Waals surface area contributed by atoms with Crippen LogP contribution in [0, 0.1) is 31.0 Å². The third kappa shape index (κ3) is 3.68. The molecule has 0 saturated carbocycles. The van der Waals surface area contributed by atoms with Crippen LogP contribution in [0.1, 0.15) is 43.4 Å². The number of rotatable bonds is 5. The van der Waals surface area contributed by atoms with E-state index in [2.05, 4.69) is 16.2 Å². The maximum absolute atomic E-state index is 13.8. The lowest BCUT2D eigenvalue weighted by Crippen LogP contribution is -2.21. The molecule has 0 bridgehead atoms. The minimum Gasteiger partial charge on any atom is -0.366 e. The number of fused-ring (bicyclic) bond motifs is 1. The van der Waals surface area contributed by atoms with Gasteiger partial charge in [-0.05, 0) is 37.6 Å². The van der Waals surface area contributed by atoms with Gasteiger partial charge < -0.3 is 11.5 Å². The largest absolute Gasteiger partial charge is 0.366 e. The van der Waals surface area contributed by atoms with Gasteiger partial charge in [0.2, 0.25) is 5.91 Å². The number of nitrogens with zero attached hydrogens (tertiary/aromatic N) is 4. The molecule has 0 unspecified atom stereocenters. The summed E-state index contributed by atoms with van der Waals surface area (Å²) < 4.78 is 15.5. The number of primary amides is 2. The van der Waals surface area contributed by atoms with Crippen LogP contribution in [0.3, 0.4) is 0 Å². The first-order valence-corrected chi connectivity index (χ1v) is 9.98. The number of halogens is 1. The highest BCUT2D eigenvalue weighted by molar-refractivity contribution is 6.15. The van der Waals surface area contributed by atoms with Crippen molar-refractivity contribution in [1.82, 2.24) is 14.8 Å². The van der Waals surface area contributed by atoms with Gasteiger partial charge in [0.25, 0.3) is 5.91 Å². The SMILES string of the molecule is Cc1nn(Cc2ccccc2C#N)c(C)c1-c1c(C(N)=O)nc2cc(F)ccc2c1C(N)=O. The Bertz CT molecular complexity index is 1500. The first kappa shape index (κ1) is 21.6. The van der Waals surface area contributed by atoms with Crippen molar-refractivity contribution in [2.24, 2.45) is 11.5 Å². The van der Waals surface area contributed by atoms with E-state index in [1.807, 2.05) is 12.1 Å². The Labute approximate surface area is 188 Å². The van der Waals surface area contributed by atoms with Crippen LogP contribution in [0.15, 0.2) is 42.5 Å². The smallest absolute Gasteiger partial charge is 0.267 e. The monoisotopic (exact) mass is 442 g/mol. The highest BCUT2D eigenvalue weighted by Crippen LogP contribution is 2.36. The molecule has 0 aliphatic carbocycles. The van der Waals surface area contributed by atoms with E-state index in [0.29, 0.717) is 34.4 Å². The van der Waals surface area contributed by atoms with E-state index in [9.17, 15) is 19.2 Å². The minimum absolute atomic E-state index is 0.0111. The fourth-order valence-electron chi connectivity index (χ4n) is 4.06. The lowest BCUT2D eigenvalue weighted by molar-refractivity contribution is 0.0996. The molecule has 0 saturated heterocycles. The van der Waals surface area contributed by atoms with Crippen molar-refractivity contribution in [2.75, 3.05) is 0 Å². The summed E-state index contributed by atoms with van der Waals surface area (Å²) >= 11 is 0. The first-order chi connectivity index (χ1) is 15.7. The molecule has 4 aromatic rings. The quantitative estimate of drug-likeness (QED) is 0.489. The lowest BCUT2D eigenvalue weighted by atomic mass is 9.92. The summed E-state index contributed by atoms with van der Waals surface area (Å²) in [6.07, 6.45) is 0. The summed E-state index contributed by atoms with van der Waals surface area (Å²) in [7, 11) is 0. The zero-order valence-electron chi connectivity index (χ0n) is 17.9. The number of benzene rings is 2. The first-order valence-electron chi connectivity index (χ1n) is 9.98. The molecule has 9 heteroatoms. The second-order valence-corrected chi connectivity index (χ2v) is 7.57. The number of aromatic nitrogens is 3. The van der Waals surface area contributed by atoms with Crippen LogP contribution >= 0.6 is 0 Å². The highest BCUT2D eigenvalue weighted by atomic mass is 19.1. The van der Waals surface area contributed by atoms with Crippen molar-refractivity contribution in [1.29, 1.82) is 5.26 Å². The number of nitrogens with two attached hydrogens (primary N) is 2. The number of carbonyl (C=O) groups is 2. The van der Waals surface area contributed by atoms with E-state index in [4.69, 9.17) is 11.5 Å². The van der Waals surface area contributed by atoms with Gasteiger partial charge in [-0.1, -0.05) is 18.2 Å². The maximum atomic E-state index is 13.8. The molecule has 4 N–H and O–H groups in total. The van der Waals surface area contributed by atoms with Crippen molar-refractivity contribution in [3.63, 3.8) is 0 Å². The van der Waals surface area contributed by atoms with Gasteiger partial charge in [-0.15, -0.1) is 0 Å². The number of amides is 2. The molecule has 0 radical (unpaired) electrons. The number of aryl methyl sites for hydroxylation is 1. The van der Waals surface area contributed by atoms with Crippen molar-refractivity contribution < 1.29 is 14.0 Å². The van der Waals surface area contributed by atoms with Crippen LogP contribution < -0.4 is 11.5 Å². The number of hydrogen-bond acceptors (Lipinski definition) is 5. The van der Waals surface area contributed by atoms with Crippen LogP contribution in [-0.4, -0.2) is 26.6 Å². The second kappa shape index (κ2) is 8.16. The summed E-state index contributed by atoms with van der Waals surface area (Å²) in [6, 6.07) is 13.0. The van der Waals surface area contributed by atoms with E-state index in [-0.39, 0.29) is 22.3 Å². The molecule has 2 heterocycles. The highest BCUT2D eigenvalue weighted by Gasteiger charge is 2.28. The molecule has 2 amide bonds. The third-order valence-electron chi connectivity index (χ3n) is 5.52. The van der Waals surface area contributed by atoms with Gasteiger partial charge in [0.05, 0.1) is 35.0 Å². The van der Waals surface area contributed by atoms with E-state index in [0.717, 1.165) is 11.6 Å². The average molecular weight is 442 g/mol. The molecular formula is C24H19FN6O2. The molecular weight excluding hydrogens is 423 g/mol. The van der Waals surface area contributed by atoms with Gasteiger partial charge in [0.15, 0.2) is 0 Å². The summed E-state index contributed by atoms with van der Waals surface area (Å²) in [6.45, 7) is 3.79. The number of carbonyl (C=O) groups excluding carboxylic acids is 2. The van der Waals surface area contributed by atoms with E-state index in [1.165, 1.54) is 12.1 Å². The van der Waals surface area contributed by atoms with Gasteiger partial charge in [-0.3, -0.25) is 14.3 Å². The standard InChI is InChI=1S/C24H19FN6O2/c1-12-19(13(2)31(30-12)11-15-6-4-3-5-14(15)10-26)21-20(23(27)32)17-8-7-16(25)9-18(17)29-22(21)24(28)33/h3-9H,11H2,1-2H3,(H2,27,32)(H2,28,33). The predicted octanol–water partition coefficient (Wildman–Crippen LogP) is 2.97. The summed E-state index contributed by atoms with van der Waals surface area (Å²) in [5.74, 6) is -2.28. The predicted molar refractivity (Wildman–Crippen MR) is 120 cm³/mol. The zero-order chi connectivity index (χ0) is 23.9. The van der Waals surface area contributed by atoms with Crippen molar-refractivity contribution >= 4 is 22.7 Å². The molecule has 2 aromatic carbocycles. The Hall–Kier alpha value is -4.58. The molecule has 8 nitrogen and oxygen atoms in total. The molecule has 164 valence electrons. The van der Waals surface area contributed by atoms with Crippen LogP contribution in [-0.2, 0) is 6.54 Å². The Morgan fingerprint density at radius 1 is 1.09 bits per heavy atom. The number of pyridine rings is 1. The topological polar surface area (TPSA) is 141 Å². The van der Waals surface area contributed by atoms with E-state index >= 15 is 0 Å². The van der Waals surface area contributed by atoms with Crippen molar-refractivity contribution in [3.05, 3.63) is 82.1 Å². The molecule has 0 aliphatic rings. The molecule has 2 aromatic heterocycles. The van der Waals surface area contributed by atoms with Crippen LogP contribution in [0.4, 0.5) is 4.39 Å². The van der Waals surface area contributed by atoms with Gasteiger partial charge in [0.1, 0.15) is 11.5 Å². The molecule has 0 spiro atoms. The van der Waals surface area contributed by atoms with E-state index in [1.54, 1.807) is 30.7 Å². The Kier molecular flexibility index (Phi) is 5.35. The maximum Gasteiger partial charge on any atom is 0.267 e. The molecule has 0 aliphatic heterocycles. The van der Waals surface area contributed by atoms with Crippen molar-refractivity contribution in [3.8, 4) is 17.2 Å². The summed E-state index contributed by atoms with van der Waals surface area (Å²) in [5.41, 5.74) is 14.3. The normalized spacial score (nSPS) is 10.8. The zero-order valence-corrected chi connectivity index (χ0v) is 17.9. The van der Waals surface area contributed by atoms with Gasteiger partial charge >= 0.3 is 0 Å². The third-order valence-corrected chi connectivity index (χ3v) is 5.52. The van der Waals surface area contributed by atoms with Gasteiger partial charge in [-0.2, -0.15) is 10.4 Å². The van der Waals surface area contributed by atoms with Crippen LogP contribution in [0.25, 0.3) is 22.0 Å². The summed E-state index contributed by atoms with van der Waals surface area (Å²) in [5, 5.41) is 14.3. The molecule has 33 heavy (non-hydrogen) atoms. The van der Waals surface area contributed by atoms with Crippen LogP contribution in [0.2, 0.25) is 0 Å². The summed E-state index contributed by atoms with van der Waals surface area (Å²) in [4.78, 5) is 29.2. The van der Waals surface area contributed by atoms with Gasteiger partial charge in [-0.25, -0.2) is 9.37 Å². The number of hydrogen-bond donors (Lipinski definition) is 2. The minimum atomic E-state index is -0.889. The van der Waals surface area contributed by atoms with Gasteiger partial charge in [0, 0.05) is 28.3 Å². The fraction of sp³-hybridized carbons (Fsp3) is 0.125. The van der Waals surface area contributed by atoms with Crippen LogP contribution in [0.5, 0.6) is 0 Å².